The number of H-pyrrole nitrogens is 1. The molecule has 0 radical (unpaired) electrons. The highest BCUT2D eigenvalue weighted by Crippen LogP contribution is 2.34. The number of phenols is 1. The van der Waals surface area contributed by atoms with Crippen LogP contribution < -0.4 is 11.1 Å². The molecule has 23 heavy (non-hydrogen) atoms. The second-order valence-corrected chi connectivity index (χ2v) is 6.03. The molecule has 6 nitrogen and oxygen atoms in total. The van der Waals surface area contributed by atoms with Gasteiger partial charge in [0, 0.05) is 17.8 Å². The van der Waals surface area contributed by atoms with Gasteiger partial charge < -0.3 is 21.1 Å². The third-order valence-electron chi connectivity index (χ3n) is 4.42. The van der Waals surface area contributed by atoms with Gasteiger partial charge in [0.05, 0.1) is 5.39 Å². The predicted molar refractivity (Wildman–Crippen MR) is 91.3 cm³/mol. The Labute approximate surface area is 133 Å². The molecule has 1 aromatic carbocycles. The standard InChI is InChI=1S/C17H19N5O/c18-17-21-15-14(16(22-17)20-11-3-1-2-4-11)13(9-19-15)10-5-7-12(23)8-6-10/h5-9,11,23H,1-4H2,(H4,18,19,20,21,22). The molecule has 2 aromatic heterocycles. The zero-order chi connectivity index (χ0) is 15.8. The van der Waals surface area contributed by atoms with Crippen molar-refractivity contribution in [3.05, 3.63) is 30.5 Å². The van der Waals surface area contributed by atoms with Crippen LogP contribution in [0.5, 0.6) is 5.75 Å². The lowest BCUT2D eigenvalue weighted by atomic mass is 10.1. The van der Waals surface area contributed by atoms with E-state index in [1.165, 1.54) is 12.8 Å². The number of fused-ring (bicyclic) bond motifs is 1. The minimum atomic E-state index is 0.249. The van der Waals surface area contributed by atoms with Crippen molar-refractivity contribution >= 4 is 22.8 Å². The molecule has 0 unspecified atom stereocenters. The highest BCUT2D eigenvalue weighted by molar-refractivity contribution is 6.01. The van der Waals surface area contributed by atoms with Crippen LogP contribution in [0.25, 0.3) is 22.2 Å². The average molecular weight is 309 g/mol. The van der Waals surface area contributed by atoms with E-state index in [4.69, 9.17) is 5.73 Å². The van der Waals surface area contributed by atoms with Gasteiger partial charge in [-0.25, -0.2) is 0 Å². The lowest BCUT2D eigenvalue weighted by Crippen LogP contribution is -2.16. The number of aromatic hydroxyl groups is 1. The number of aromatic nitrogens is 3. The number of rotatable bonds is 3. The van der Waals surface area contributed by atoms with Gasteiger partial charge >= 0.3 is 0 Å². The molecule has 3 aromatic rings. The zero-order valence-electron chi connectivity index (χ0n) is 12.7. The van der Waals surface area contributed by atoms with E-state index in [-0.39, 0.29) is 11.7 Å². The molecule has 1 fully saturated rings. The highest BCUT2D eigenvalue weighted by Gasteiger charge is 2.19. The molecule has 0 atom stereocenters. The van der Waals surface area contributed by atoms with Gasteiger partial charge in [0.1, 0.15) is 17.2 Å². The molecule has 5 N–H and O–H groups in total. The monoisotopic (exact) mass is 309 g/mol. The number of phenolic OH excluding ortho intramolecular Hbond substituents is 1. The van der Waals surface area contributed by atoms with E-state index in [0.717, 1.165) is 40.8 Å². The van der Waals surface area contributed by atoms with E-state index in [1.807, 2.05) is 18.3 Å². The summed E-state index contributed by atoms with van der Waals surface area (Å²) in [4.78, 5) is 11.9. The predicted octanol–water partition coefficient (Wildman–Crippen LogP) is 3.27. The van der Waals surface area contributed by atoms with Gasteiger partial charge in [0.2, 0.25) is 5.95 Å². The maximum Gasteiger partial charge on any atom is 0.223 e. The molecule has 0 bridgehead atoms. The second-order valence-electron chi connectivity index (χ2n) is 6.03. The quantitative estimate of drug-likeness (QED) is 0.595. The second kappa shape index (κ2) is 5.46. The Morgan fingerprint density at radius 1 is 1.13 bits per heavy atom. The van der Waals surface area contributed by atoms with E-state index in [9.17, 15) is 5.11 Å². The summed E-state index contributed by atoms with van der Waals surface area (Å²) >= 11 is 0. The van der Waals surface area contributed by atoms with Crippen LogP contribution in [0.4, 0.5) is 11.8 Å². The topological polar surface area (TPSA) is 99.9 Å². The fourth-order valence-electron chi connectivity index (χ4n) is 3.29. The van der Waals surface area contributed by atoms with Crippen molar-refractivity contribution in [1.82, 2.24) is 15.0 Å². The van der Waals surface area contributed by atoms with E-state index in [0.29, 0.717) is 6.04 Å². The molecule has 1 aliphatic rings. The molecule has 0 aliphatic heterocycles. The first-order chi connectivity index (χ1) is 11.2. The Morgan fingerprint density at radius 3 is 2.61 bits per heavy atom. The molecule has 1 saturated carbocycles. The summed E-state index contributed by atoms with van der Waals surface area (Å²) in [6.07, 6.45) is 6.72. The van der Waals surface area contributed by atoms with Crippen LogP contribution in [-0.4, -0.2) is 26.1 Å². The van der Waals surface area contributed by atoms with E-state index in [2.05, 4.69) is 20.3 Å². The number of benzene rings is 1. The Bertz CT molecular complexity index is 834. The van der Waals surface area contributed by atoms with Gasteiger partial charge in [-0.3, -0.25) is 0 Å². The molecule has 0 amide bonds. The smallest absolute Gasteiger partial charge is 0.223 e. The van der Waals surface area contributed by atoms with E-state index < -0.39 is 0 Å². The summed E-state index contributed by atoms with van der Waals surface area (Å²) in [6, 6.07) is 7.56. The summed E-state index contributed by atoms with van der Waals surface area (Å²) in [5, 5.41) is 14.0. The Hall–Kier alpha value is -2.76. The third kappa shape index (κ3) is 2.56. The van der Waals surface area contributed by atoms with E-state index >= 15 is 0 Å². The van der Waals surface area contributed by atoms with Crippen LogP contribution in [0.2, 0.25) is 0 Å². The Morgan fingerprint density at radius 2 is 1.87 bits per heavy atom. The maximum atomic E-state index is 9.49. The van der Waals surface area contributed by atoms with Crippen molar-refractivity contribution in [2.45, 2.75) is 31.7 Å². The fraction of sp³-hybridized carbons (Fsp3) is 0.294. The minimum absolute atomic E-state index is 0.249. The first kappa shape index (κ1) is 13.9. The molecular formula is C17H19N5O. The van der Waals surface area contributed by atoms with Crippen molar-refractivity contribution in [2.75, 3.05) is 11.1 Å². The Balaban J connectivity index is 1.83. The highest BCUT2D eigenvalue weighted by atomic mass is 16.3. The SMILES string of the molecule is Nc1nc(NC2CCCC2)c2c(-c3ccc(O)cc3)c[nH]c2n1. The van der Waals surface area contributed by atoms with Crippen LogP contribution in [-0.2, 0) is 0 Å². The van der Waals surface area contributed by atoms with Gasteiger partial charge in [-0.1, -0.05) is 25.0 Å². The largest absolute Gasteiger partial charge is 0.508 e. The molecule has 1 aliphatic carbocycles. The average Bonchev–Trinajstić information content (AvgIpc) is 3.17. The number of hydrogen-bond acceptors (Lipinski definition) is 5. The summed E-state index contributed by atoms with van der Waals surface area (Å²) in [6.45, 7) is 0. The summed E-state index contributed by atoms with van der Waals surface area (Å²) < 4.78 is 0. The van der Waals surface area contributed by atoms with Crippen LogP contribution in [0, 0.1) is 0 Å². The molecule has 6 heteroatoms. The van der Waals surface area contributed by atoms with Crippen molar-refractivity contribution in [2.24, 2.45) is 0 Å². The number of nitrogen functional groups attached to an aromatic ring is 1. The maximum absolute atomic E-state index is 9.49. The fourth-order valence-corrected chi connectivity index (χ4v) is 3.29. The van der Waals surface area contributed by atoms with Crippen molar-refractivity contribution < 1.29 is 5.11 Å². The minimum Gasteiger partial charge on any atom is -0.508 e. The molecule has 2 heterocycles. The number of aromatic amines is 1. The number of anilines is 2. The van der Waals surface area contributed by atoms with Crippen LogP contribution >= 0.6 is 0 Å². The molecular weight excluding hydrogens is 290 g/mol. The lowest BCUT2D eigenvalue weighted by molar-refractivity contribution is 0.475. The van der Waals surface area contributed by atoms with Gasteiger partial charge in [-0.05, 0) is 30.5 Å². The summed E-state index contributed by atoms with van der Waals surface area (Å²) in [7, 11) is 0. The summed E-state index contributed by atoms with van der Waals surface area (Å²) in [5.74, 6) is 1.29. The molecule has 118 valence electrons. The molecule has 0 spiro atoms. The number of nitrogens with one attached hydrogen (secondary N) is 2. The van der Waals surface area contributed by atoms with Gasteiger partial charge in [-0.15, -0.1) is 0 Å². The first-order valence-electron chi connectivity index (χ1n) is 7.91. The van der Waals surface area contributed by atoms with E-state index in [1.54, 1.807) is 12.1 Å². The van der Waals surface area contributed by atoms with Crippen molar-refractivity contribution in [3.8, 4) is 16.9 Å². The number of nitrogens with two attached hydrogens (primary N) is 1. The number of hydrogen-bond donors (Lipinski definition) is 4. The third-order valence-corrected chi connectivity index (χ3v) is 4.42. The van der Waals surface area contributed by atoms with Crippen LogP contribution in [0.1, 0.15) is 25.7 Å². The van der Waals surface area contributed by atoms with Crippen LogP contribution in [0.15, 0.2) is 30.5 Å². The molecule has 4 rings (SSSR count). The van der Waals surface area contributed by atoms with Crippen molar-refractivity contribution in [3.63, 3.8) is 0 Å². The number of nitrogens with zero attached hydrogens (tertiary/aromatic N) is 2. The zero-order valence-corrected chi connectivity index (χ0v) is 12.7. The molecule has 0 saturated heterocycles. The van der Waals surface area contributed by atoms with Gasteiger partial charge in [-0.2, -0.15) is 9.97 Å². The summed E-state index contributed by atoms with van der Waals surface area (Å²) in [5.41, 5.74) is 8.57. The lowest BCUT2D eigenvalue weighted by Gasteiger charge is -2.14. The van der Waals surface area contributed by atoms with Gasteiger partial charge in [0.15, 0.2) is 0 Å². The van der Waals surface area contributed by atoms with Crippen LogP contribution in [0.3, 0.4) is 0 Å². The van der Waals surface area contributed by atoms with Gasteiger partial charge in [0.25, 0.3) is 0 Å². The Kier molecular flexibility index (Phi) is 3.29. The van der Waals surface area contributed by atoms with Crippen molar-refractivity contribution in [1.29, 1.82) is 0 Å². The first-order valence-corrected chi connectivity index (χ1v) is 7.91. The normalized spacial score (nSPS) is 15.3.